The van der Waals surface area contributed by atoms with Gasteiger partial charge in [0.25, 0.3) is 0 Å². The van der Waals surface area contributed by atoms with Gasteiger partial charge in [-0.2, -0.15) is 5.26 Å². The molecule has 0 fully saturated rings. The Bertz CT molecular complexity index is 1160. The summed E-state index contributed by atoms with van der Waals surface area (Å²) >= 11 is 1.18. The fourth-order valence-corrected chi connectivity index (χ4v) is 3.62. The smallest absolute Gasteiger partial charge is 0.338 e. The zero-order valence-electron chi connectivity index (χ0n) is 17.2. The second kappa shape index (κ2) is 10.5. The van der Waals surface area contributed by atoms with E-state index in [1.54, 1.807) is 37.3 Å². The lowest BCUT2D eigenvalue weighted by atomic mass is 10.1. The Kier molecular flexibility index (Phi) is 7.46. The van der Waals surface area contributed by atoms with E-state index in [0.717, 1.165) is 5.39 Å². The van der Waals surface area contributed by atoms with Gasteiger partial charge in [0, 0.05) is 11.1 Å². The van der Waals surface area contributed by atoms with Crippen LogP contribution in [-0.2, 0) is 9.53 Å². The predicted molar refractivity (Wildman–Crippen MR) is 119 cm³/mol. The first-order valence-corrected chi connectivity index (χ1v) is 10.7. The van der Waals surface area contributed by atoms with Gasteiger partial charge >= 0.3 is 5.97 Å². The third-order valence-corrected chi connectivity index (χ3v) is 5.17. The van der Waals surface area contributed by atoms with Crippen molar-refractivity contribution in [3.05, 3.63) is 59.7 Å². The zero-order valence-corrected chi connectivity index (χ0v) is 18.0. The molecular weight excluding hydrogens is 414 g/mol. The van der Waals surface area contributed by atoms with E-state index in [1.807, 2.05) is 25.1 Å². The number of nitrogens with zero attached hydrogens (tertiary/aromatic N) is 2. The van der Waals surface area contributed by atoms with Crippen molar-refractivity contribution in [2.75, 3.05) is 24.3 Å². The first kappa shape index (κ1) is 22.1. The van der Waals surface area contributed by atoms with E-state index < -0.39 is 5.97 Å². The fraction of sp³-hybridized carbons (Fsp3) is 0.217. The van der Waals surface area contributed by atoms with E-state index in [2.05, 4.69) is 16.4 Å². The maximum atomic E-state index is 12.4. The van der Waals surface area contributed by atoms with Crippen LogP contribution in [0.2, 0.25) is 0 Å². The molecule has 0 saturated carbocycles. The summed E-state index contributed by atoms with van der Waals surface area (Å²) in [7, 11) is 0. The lowest BCUT2D eigenvalue weighted by Gasteiger charge is -2.09. The minimum absolute atomic E-state index is 0.0633. The third-order valence-electron chi connectivity index (χ3n) is 4.18. The number of benzene rings is 2. The Morgan fingerprint density at radius 1 is 1.13 bits per heavy atom. The number of nitrogens with one attached hydrogen (secondary N) is 1. The molecule has 1 heterocycles. The predicted octanol–water partition coefficient (Wildman–Crippen LogP) is 4.41. The molecule has 0 unspecified atom stereocenters. The van der Waals surface area contributed by atoms with Crippen molar-refractivity contribution in [1.29, 1.82) is 5.26 Å². The summed E-state index contributed by atoms with van der Waals surface area (Å²) in [5.74, 6) is 0.0573. The van der Waals surface area contributed by atoms with Crippen LogP contribution in [0, 0.1) is 11.3 Å². The van der Waals surface area contributed by atoms with Crippen molar-refractivity contribution >= 4 is 40.2 Å². The number of ether oxygens (including phenoxy) is 2. The molecule has 8 heteroatoms. The maximum absolute atomic E-state index is 12.4. The third kappa shape index (κ3) is 5.74. The molecule has 0 bridgehead atoms. The van der Waals surface area contributed by atoms with E-state index in [-0.39, 0.29) is 18.3 Å². The average molecular weight is 436 g/mol. The molecule has 0 aliphatic carbocycles. The molecule has 1 N–H and O–H groups in total. The molecule has 3 rings (SSSR count). The van der Waals surface area contributed by atoms with Crippen molar-refractivity contribution in [3.8, 4) is 11.8 Å². The number of hydrogen-bond donors (Lipinski definition) is 1. The van der Waals surface area contributed by atoms with Crippen molar-refractivity contribution in [2.45, 2.75) is 18.9 Å². The molecule has 7 nitrogen and oxygen atoms in total. The Balaban J connectivity index is 1.70. The van der Waals surface area contributed by atoms with Gasteiger partial charge in [0.1, 0.15) is 16.8 Å². The highest BCUT2D eigenvalue weighted by Gasteiger charge is 2.12. The van der Waals surface area contributed by atoms with Crippen LogP contribution in [0.15, 0.2) is 53.6 Å². The standard InChI is InChI=1S/C23H21N3O4S/c1-3-29-19-8-9-20-16(12-19)10-17(13-24)22(26-20)31-14-21(27)25-18-7-5-6-15(11-18)23(28)30-4-2/h5-12H,3-4,14H2,1-2H3,(H,25,27). The maximum Gasteiger partial charge on any atom is 0.338 e. The number of anilines is 1. The molecule has 1 aromatic heterocycles. The second-order valence-corrected chi connectivity index (χ2v) is 7.34. The molecule has 0 saturated heterocycles. The number of nitriles is 1. The minimum Gasteiger partial charge on any atom is -0.494 e. The van der Waals surface area contributed by atoms with Crippen LogP contribution < -0.4 is 10.1 Å². The van der Waals surface area contributed by atoms with E-state index in [0.29, 0.717) is 39.7 Å². The van der Waals surface area contributed by atoms with Gasteiger partial charge in [0.15, 0.2) is 0 Å². The first-order chi connectivity index (χ1) is 15.0. The summed E-state index contributed by atoms with van der Waals surface area (Å²) in [6.07, 6.45) is 0. The first-order valence-electron chi connectivity index (χ1n) is 9.71. The van der Waals surface area contributed by atoms with Gasteiger partial charge in [0.2, 0.25) is 5.91 Å². The van der Waals surface area contributed by atoms with Gasteiger partial charge in [-0.3, -0.25) is 4.79 Å². The van der Waals surface area contributed by atoms with Crippen LogP contribution in [0.1, 0.15) is 29.8 Å². The van der Waals surface area contributed by atoms with Gasteiger partial charge in [-0.05, 0) is 56.3 Å². The van der Waals surface area contributed by atoms with Crippen LogP contribution >= 0.6 is 11.8 Å². The lowest BCUT2D eigenvalue weighted by Crippen LogP contribution is -2.15. The highest BCUT2D eigenvalue weighted by molar-refractivity contribution is 8.00. The van der Waals surface area contributed by atoms with Crippen LogP contribution in [0.3, 0.4) is 0 Å². The molecular formula is C23H21N3O4S. The molecule has 0 radical (unpaired) electrons. The Labute approximate surface area is 184 Å². The number of aromatic nitrogens is 1. The molecule has 0 aliphatic heterocycles. The van der Waals surface area contributed by atoms with Crippen LogP contribution in [-0.4, -0.2) is 35.8 Å². The van der Waals surface area contributed by atoms with Gasteiger partial charge in [-0.25, -0.2) is 9.78 Å². The number of pyridine rings is 1. The normalized spacial score (nSPS) is 10.4. The second-order valence-electron chi connectivity index (χ2n) is 6.38. The quantitative estimate of drug-likeness (QED) is 0.413. The monoisotopic (exact) mass is 435 g/mol. The molecule has 1 amide bonds. The Hall–Kier alpha value is -3.57. The number of hydrogen-bond acceptors (Lipinski definition) is 7. The van der Waals surface area contributed by atoms with Crippen LogP contribution in [0.4, 0.5) is 5.69 Å². The fourth-order valence-electron chi connectivity index (χ4n) is 2.85. The molecule has 0 spiro atoms. The molecule has 0 atom stereocenters. The van der Waals surface area contributed by atoms with E-state index in [9.17, 15) is 14.9 Å². The largest absolute Gasteiger partial charge is 0.494 e. The summed E-state index contributed by atoms with van der Waals surface area (Å²) in [6.45, 7) is 4.46. The summed E-state index contributed by atoms with van der Waals surface area (Å²) < 4.78 is 10.5. The number of fused-ring (bicyclic) bond motifs is 1. The highest BCUT2D eigenvalue weighted by Crippen LogP contribution is 2.27. The lowest BCUT2D eigenvalue weighted by molar-refractivity contribution is -0.113. The molecule has 31 heavy (non-hydrogen) atoms. The molecule has 0 aliphatic rings. The Morgan fingerprint density at radius 2 is 1.97 bits per heavy atom. The van der Waals surface area contributed by atoms with Crippen molar-refractivity contribution in [1.82, 2.24) is 4.98 Å². The summed E-state index contributed by atoms with van der Waals surface area (Å²) in [6, 6.07) is 15.9. The van der Waals surface area contributed by atoms with Gasteiger partial charge in [-0.1, -0.05) is 17.8 Å². The number of carbonyl (C=O) groups excluding carboxylic acids is 2. The summed E-state index contributed by atoms with van der Waals surface area (Å²) in [5, 5.41) is 13.5. The van der Waals surface area contributed by atoms with Crippen LogP contribution in [0.25, 0.3) is 10.9 Å². The topological polar surface area (TPSA) is 101 Å². The van der Waals surface area contributed by atoms with Gasteiger partial charge < -0.3 is 14.8 Å². The Morgan fingerprint density at radius 3 is 2.71 bits per heavy atom. The number of carbonyl (C=O) groups is 2. The highest BCUT2D eigenvalue weighted by atomic mass is 32.2. The van der Waals surface area contributed by atoms with Crippen LogP contribution in [0.5, 0.6) is 5.75 Å². The van der Waals surface area contributed by atoms with Gasteiger partial charge in [0.05, 0.1) is 35.6 Å². The van der Waals surface area contributed by atoms with E-state index in [1.165, 1.54) is 11.8 Å². The summed E-state index contributed by atoms with van der Waals surface area (Å²) in [5.41, 5.74) is 1.96. The van der Waals surface area contributed by atoms with E-state index >= 15 is 0 Å². The SMILES string of the molecule is CCOC(=O)c1cccc(NC(=O)CSc2nc3ccc(OCC)cc3cc2C#N)c1. The molecule has 2 aromatic carbocycles. The number of amides is 1. The average Bonchev–Trinajstić information content (AvgIpc) is 2.77. The number of rotatable bonds is 8. The number of thioether (sulfide) groups is 1. The van der Waals surface area contributed by atoms with Crippen molar-refractivity contribution < 1.29 is 19.1 Å². The number of esters is 1. The summed E-state index contributed by atoms with van der Waals surface area (Å²) in [4.78, 5) is 28.8. The van der Waals surface area contributed by atoms with Crippen molar-refractivity contribution in [3.63, 3.8) is 0 Å². The van der Waals surface area contributed by atoms with Gasteiger partial charge in [-0.15, -0.1) is 0 Å². The van der Waals surface area contributed by atoms with E-state index in [4.69, 9.17) is 9.47 Å². The van der Waals surface area contributed by atoms with Crippen molar-refractivity contribution in [2.24, 2.45) is 0 Å². The zero-order chi connectivity index (χ0) is 22.2. The molecule has 3 aromatic rings. The molecule has 158 valence electrons. The minimum atomic E-state index is -0.445.